The Morgan fingerprint density at radius 3 is 2.81 bits per heavy atom. The van der Waals surface area contributed by atoms with Gasteiger partial charge in [0.15, 0.2) is 11.6 Å². The lowest BCUT2D eigenvalue weighted by atomic mass is 9.94. The Labute approximate surface area is 153 Å². The van der Waals surface area contributed by atoms with Crippen LogP contribution in [0.5, 0.6) is 0 Å². The molecule has 2 aliphatic rings. The molecular formula is C19H26N6O. The van der Waals surface area contributed by atoms with Crippen LogP contribution in [0.4, 0.5) is 11.4 Å². The average Bonchev–Trinajstić information content (AvgIpc) is 3.06. The Hall–Kier alpha value is -2.41. The molecular weight excluding hydrogens is 328 g/mol. The molecule has 1 fully saturated rings. The minimum atomic E-state index is -0.0189. The minimum absolute atomic E-state index is 0.0189. The van der Waals surface area contributed by atoms with Crippen LogP contribution in [-0.2, 0) is 17.8 Å². The number of hydrogen-bond donors (Lipinski definition) is 2. The largest absolute Gasteiger partial charge is 0.374 e. The zero-order chi connectivity index (χ0) is 18.1. The molecule has 0 spiro atoms. The molecule has 1 amide bonds. The first-order valence-electron chi connectivity index (χ1n) is 9.42. The zero-order valence-corrected chi connectivity index (χ0v) is 15.5. The van der Waals surface area contributed by atoms with Crippen LogP contribution in [0.2, 0.25) is 0 Å². The Bertz CT molecular complexity index is 806. The van der Waals surface area contributed by atoms with Gasteiger partial charge in [-0.3, -0.25) is 4.79 Å². The van der Waals surface area contributed by atoms with Gasteiger partial charge >= 0.3 is 0 Å². The third kappa shape index (κ3) is 3.44. The van der Waals surface area contributed by atoms with Gasteiger partial charge in [0.05, 0.1) is 17.9 Å². The quantitative estimate of drug-likeness (QED) is 0.880. The molecule has 0 bridgehead atoms. The van der Waals surface area contributed by atoms with Gasteiger partial charge in [0.1, 0.15) is 0 Å². The molecule has 0 radical (unpaired) electrons. The molecule has 7 nitrogen and oxygen atoms in total. The maximum atomic E-state index is 11.6. The van der Waals surface area contributed by atoms with Crippen LogP contribution in [0.1, 0.15) is 25.6 Å². The molecule has 1 saturated heterocycles. The highest BCUT2D eigenvalue weighted by atomic mass is 16.2. The van der Waals surface area contributed by atoms with Crippen molar-refractivity contribution in [3.8, 4) is 11.4 Å². The molecule has 4 rings (SSSR count). The second-order valence-corrected chi connectivity index (χ2v) is 7.28. The van der Waals surface area contributed by atoms with Gasteiger partial charge < -0.3 is 15.5 Å². The summed E-state index contributed by atoms with van der Waals surface area (Å²) in [4.78, 5) is 18.9. The van der Waals surface area contributed by atoms with E-state index in [1.807, 2.05) is 22.9 Å². The molecule has 2 aromatic rings. The highest BCUT2D eigenvalue weighted by Gasteiger charge is 2.21. The summed E-state index contributed by atoms with van der Waals surface area (Å²) in [5.74, 6) is 2.45. The van der Waals surface area contributed by atoms with E-state index in [1.165, 1.54) is 12.8 Å². The van der Waals surface area contributed by atoms with E-state index in [0.29, 0.717) is 12.5 Å². The van der Waals surface area contributed by atoms with Crippen molar-refractivity contribution in [1.82, 2.24) is 19.7 Å². The van der Waals surface area contributed by atoms with Crippen molar-refractivity contribution in [2.45, 2.75) is 32.7 Å². The Balaban J connectivity index is 1.57. The van der Waals surface area contributed by atoms with Crippen molar-refractivity contribution in [2.24, 2.45) is 5.92 Å². The average molecular weight is 354 g/mol. The van der Waals surface area contributed by atoms with Gasteiger partial charge in [0, 0.05) is 18.5 Å². The fourth-order valence-electron chi connectivity index (χ4n) is 3.74. The summed E-state index contributed by atoms with van der Waals surface area (Å²) in [6, 6.07) is 6.02. The number of hydrogen-bond acceptors (Lipinski definition) is 5. The number of carbonyl (C=O) groups excluding carboxylic acids is 1. The molecule has 7 heteroatoms. The highest BCUT2D eigenvalue weighted by molar-refractivity contribution is 6.01. The summed E-state index contributed by atoms with van der Waals surface area (Å²) >= 11 is 0. The maximum absolute atomic E-state index is 11.6. The van der Waals surface area contributed by atoms with Crippen LogP contribution in [0, 0.1) is 5.92 Å². The lowest BCUT2D eigenvalue weighted by Crippen LogP contribution is -2.31. The number of aryl methyl sites for hydroxylation is 1. The standard InChI is InChI=1S/C19H26N6O/c1-3-25-19(14-4-5-15-16(11-14)21-18(26)12-20-15)22-17(23-25)10-13-6-8-24(2)9-7-13/h4-5,11,13,20H,3,6-10,12H2,1-2H3,(H,21,26). The number of carbonyl (C=O) groups is 1. The van der Waals surface area contributed by atoms with Crippen LogP contribution in [-0.4, -0.2) is 52.3 Å². The van der Waals surface area contributed by atoms with Crippen molar-refractivity contribution >= 4 is 17.3 Å². The second-order valence-electron chi connectivity index (χ2n) is 7.28. The zero-order valence-electron chi connectivity index (χ0n) is 15.5. The summed E-state index contributed by atoms with van der Waals surface area (Å²) in [6.07, 6.45) is 3.36. The topological polar surface area (TPSA) is 75.1 Å². The second kappa shape index (κ2) is 7.07. The van der Waals surface area contributed by atoms with Crippen molar-refractivity contribution < 1.29 is 4.79 Å². The van der Waals surface area contributed by atoms with Crippen LogP contribution < -0.4 is 10.6 Å². The Morgan fingerprint density at radius 1 is 1.23 bits per heavy atom. The van der Waals surface area contributed by atoms with E-state index in [0.717, 1.165) is 54.6 Å². The highest BCUT2D eigenvalue weighted by Crippen LogP contribution is 2.30. The minimum Gasteiger partial charge on any atom is -0.374 e. The van der Waals surface area contributed by atoms with E-state index in [4.69, 9.17) is 10.1 Å². The lowest BCUT2D eigenvalue weighted by Gasteiger charge is -2.28. The smallest absolute Gasteiger partial charge is 0.243 e. The van der Waals surface area contributed by atoms with Gasteiger partial charge in [0.25, 0.3) is 0 Å². The fraction of sp³-hybridized carbons (Fsp3) is 0.526. The fourth-order valence-corrected chi connectivity index (χ4v) is 3.74. The molecule has 3 heterocycles. The number of nitrogens with one attached hydrogen (secondary N) is 2. The number of fused-ring (bicyclic) bond motifs is 1. The van der Waals surface area contributed by atoms with Gasteiger partial charge in [-0.2, -0.15) is 5.10 Å². The molecule has 2 aliphatic heterocycles. The molecule has 0 saturated carbocycles. The first-order chi connectivity index (χ1) is 12.6. The molecule has 0 atom stereocenters. The number of likely N-dealkylation sites (tertiary alicyclic amines) is 1. The van der Waals surface area contributed by atoms with Crippen LogP contribution >= 0.6 is 0 Å². The van der Waals surface area contributed by atoms with E-state index in [1.54, 1.807) is 0 Å². The van der Waals surface area contributed by atoms with Gasteiger partial charge in [-0.1, -0.05) is 0 Å². The van der Waals surface area contributed by atoms with Crippen molar-refractivity contribution in [3.05, 3.63) is 24.0 Å². The van der Waals surface area contributed by atoms with Crippen molar-refractivity contribution in [1.29, 1.82) is 0 Å². The van der Waals surface area contributed by atoms with Crippen molar-refractivity contribution in [2.75, 3.05) is 37.3 Å². The van der Waals surface area contributed by atoms with E-state index in [9.17, 15) is 4.79 Å². The number of benzene rings is 1. The molecule has 1 aromatic carbocycles. The van der Waals surface area contributed by atoms with Crippen LogP contribution in [0.25, 0.3) is 11.4 Å². The van der Waals surface area contributed by atoms with Gasteiger partial charge in [0.2, 0.25) is 5.91 Å². The van der Waals surface area contributed by atoms with E-state index < -0.39 is 0 Å². The van der Waals surface area contributed by atoms with Crippen LogP contribution in [0.3, 0.4) is 0 Å². The first-order valence-corrected chi connectivity index (χ1v) is 9.42. The molecule has 1 aromatic heterocycles. The lowest BCUT2D eigenvalue weighted by molar-refractivity contribution is -0.114. The Kier molecular flexibility index (Phi) is 4.63. The number of aromatic nitrogens is 3. The number of nitrogens with zero attached hydrogens (tertiary/aromatic N) is 4. The SMILES string of the molecule is CCn1nc(CC2CCN(C)CC2)nc1-c1ccc2c(c1)NC(=O)CN2. The van der Waals surface area contributed by atoms with Crippen LogP contribution in [0.15, 0.2) is 18.2 Å². The number of amides is 1. The molecule has 26 heavy (non-hydrogen) atoms. The summed E-state index contributed by atoms with van der Waals surface area (Å²) in [7, 11) is 2.18. The van der Waals surface area contributed by atoms with Gasteiger partial charge in [-0.15, -0.1) is 0 Å². The molecule has 2 N–H and O–H groups in total. The van der Waals surface area contributed by atoms with E-state index >= 15 is 0 Å². The number of anilines is 2. The molecule has 0 aliphatic carbocycles. The summed E-state index contributed by atoms with van der Waals surface area (Å²) in [5.41, 5.74) is 2.74. The number of rotatable bonds is 4. The predicted molar refractivity (Wildman–Crippen MR) is 102 cm³/mol. The molecule has 138 valence electrons. The third-order valence-corrected chi connectivity index (χ3v) is 5.32. The van der Waals surface area contributed by atoms with E-state index in [2.05, 4.69) is 29.5 Å². The van der Waals surface area contributed by atoms with E-state index in [-0.39, 0.29) is 5.91 Å². The monoisotopic (exact) mass is 354 g/mol. The normalized spacial score (nSPS) is 18.3. The summed E-state index contributed by atoms with van der Waals surface area (Å²) < 4.78 is 1.96. The summed E-state index contributed by atoms with van der Waals surface area (Å²) in [5, 5.41) is 10.8. The van der Waals surface area contributed by atoms with Crippen molar-refractivity contribution in [3.63, 3.8) is 0 Å². The van der Waals surface area contributed by atoms with Gasteiger partial charge in [-0.25, -0.2) is 9.67 Å². The predicted octanol–water partition coefficient (Wildman–Crippen LogP) is 2.21. The Morgan fingerprint density at radius 2 is 2.04 bits per heavy atom. The first kappa shape index (κ1) is 17.0. The van der Waals surface area contributed by atoms with Gasteiger partial charge in [-0.05, 0) is 64.0 Å². The maximum Gasteiger partial charge on any atom is 0.243 e. The summed E-state index contributed by atoms with van der Waals surface area (Å²) in [6.45, 7) is 5.49. The number of piperidine rings is 1. The molecule has 0 unspecified atom stereocenters. The third-order valence-electron chi connectivity index (χ3n) is 5.32.